The van der Waals surface area contributed by atoms with Crippen molar-refractivity contribution in [1.29, 1.82) is 0 Å². The maximum atomic E-state index is 4.98. The van der Waals surface area contributed by atoms with Crippen molar-refractivity contribution in [2.45, 2.75) is 6.82 Å². The summed E-state index contributed by atoms with van der Waals surface area (Å²) in [7, 11) is 0. The zero-order chi connectivity index (χ0) is 3.58. The van der Waals surface area contributed by atoms with Gasteiger partial charge in [0.25, 0.3) is 6.13 Å². The molecule has 0 bridgehead atoms. The van der Waals surface area contributed by atoms with Gasteiger partial charge >= 0.3 is 0 Å². The number of rotatable bonds is 0. The van der Waals surface area contributed by atoms with Gasteiger partial charge < -0.3 is 5.64 Å². The zero-order valence-electron chi connectivity index (χ0n) is 2.60. The molecule has 0 atom stereocenters. The molecule has 0 amide bonds. The highest BCUT2D eigenvalue weighted by Crippen LogP contribution is 1.67. The van der Waals surface area contributed by atoms with E-state index in [0.717, 1.165) is 0 Å². The van der Waals surface area contributed by atoms with Gasteiger partial charge in [-0.1, -0.05) is 6.82 Å². The maximum absolute atomic E-state index is 4.98. The summed E-state index contributed by atoms with van der Waals surface area (Å²) < 4.78 is 0. The first kappa shape index (κ1) is 4.37. The standard InChI is InChI=1S/CH6BNS/c1-2(3)4/h4H,3H2,1H3. The summed E-state index contributed by atoms with van der Waals surface area (Å²) in [5, 5.41) is 0. The first-order valence-electron chi connectivity index (χ1n) is 1.17. The molecule has 0 aromatic heterocycles. The van der Waals surface area contributed by atoms with Crippen molar-refractivity contribution in [2.24, 2.45) is 5.64 Å². The number of hydrogen-bond acceptors (Lipinski definition) is 2. The van der Waals surface area contributed by atoms with Crippen molar-refractivity contribution in [2.75, 3.05) is 0 Å². The van der Waals surface area contributed by atoms with E-state index in [1.165, 1.54) is 0 Å². The van der Waals surface area contributed by atoms with Crippen LogP contribution in [-0.2, 0) is 0 Å². The molecule has 1 nitrogen and oxygen atoms in total. The number of nitrogens with two attached hydrogens (primary N) is 1. The molecule has 0 aliphatic carbocycles. The lowest BCUT2D eigenvalue weighted by molar-refractivity contribution is 1.86. The summed E-state index contributed by atoms with van der Waals surface area (Å²) in [5.41, 5.74) is 4.98. The first-order valence-corrected chi connectivity index (χ1v) is 1.69. The summed E-state index contributed by atoms with van der Waals surface area (Å²) in [5.74, 6) is 0. The van der Waals surface area contributed by atoms with Crippen LogP contribution in [0.3, 0.4) is 0 Å². The minimum atomic E-state index is 0.0278. The van der Waals surface area contributed by atoms with Crippen LogP contribution < -0.4 is 5.64 Å². The van der Waals surface area contributed by atoms with E-state index in [4.69, 9.17) is 5.64 Å². The molecule has 0 fully saturated rings. The van der Waals surface area contributed by atoms with Gasteiger partial charge in [-0.25, -0.2) is 12.5 Å². The fraction of sp³-hybridized carbons (Fsp3) is 1.00. The molecular weight excluding hydrogens is 68.9 g/mol. The molecule has 3 heteroatoms. The average Bonchev–Trinajstić information content (AvgIpc) is 0.811. The van der Waals surface area contributed by atoms with Gasteiger partial charge in [-0.2, -0.15) is 0 Å². The zero-order valence-corrected chi connectivity index (χ0v) is 3.50. The van der Waals surface area contributed by atoms with Crippen LogP contribution in [0.15, 0.2) is 0 Å². The van der Waals surface area contributed by atoms with Crippen LogP contribution in [0.25, 0.3) is 0 Å². The quantitative estimate of drug-likeness (QED) is 0.307. The van der Waals surface area contributed by atoms with Crippen molar-refractivity contribution in [3.05, 3.63) is 0 Å². The molecule has 0 spiro atoms. The Morgan fingerprint density at radius 2 is 2.00 bits per heavy atom. The monoisotopic (exact) mass is 75.0 g/mol. The van der Waals surface area contributed by atoms with Gasteiger partial charge in [0.15, 0.2) is 0 Å². The highest BCUT2D eigenvalue weighted by molar-refractivity contribution is 8.10. The third-order valence-corrected chi connectivity index (χ3v) is 0. The van der Waals surface area contributed by atoms with Crippen LogP contribution in [-0.4, -0.2) is 6.13 Å². The van der Waals surface area contributed by atoms with E-state index < -0.39 is 0 Å². The Labute approximate surface area is 32.0 Å². The highest BCUT2D eigenvalue weighted by atomic mass is 32.1. The third kappa shape index (κ3) is 31.9. The Hall–Kier alpha value is 0.375. The SMILES string of the molecule is CB(N)S. The predicted molar refractivity (Wildman–Crippen MR) is 24.8 cm³/mol. The maximum Gasteiger partial charge on any atom is 0.279 e. The van der Waals surface area contributed by atoms with Crippen LogP contribution in [0.1, 0.15) is 0 Å². The summed E-state index contributed by atoms with van der Waals surface area (Å²) in [6, 6.07) is 0. The lowest BCUT2D eigenvalue weighted by atomic mass is 10.0. The van der Waals surface area contributed by atoms with Crippen molar-refractivity contribution in [1.82, 2.24) is 0 Å². The van der Waals surface area contributed by atoms with Gasteiger partial charge in [0.1, 0.15) is 0 Å². The molecule has 0 radical (unpaired) electrons. The van der Waals surface area contributed by atoms with Gasteiger partial charge in [-0.05, 0) is 0 Å². The Morgan fingerprint density at radius 1 is 2.00 bits per heavy atom. The topological polar surface area (TPSA) is 26.0 Å². The molecule has 0 aromatic rings. The van der Waals surface area contributed by atoms with Crippen molar-refractivity contribution in [3.63, 3.8) is 0 Å². The Bertz CT molecular complexity index is 12.8. The molecule has 24 valence electrons. The lowest BCUT2D eigenvalue weighted by Gasteiger charge is -1.72. The van der Waals surface area contributed by atoms with Gasteiger partial charge in [0, 0.05) is 0 Å². The van der Waals surface area contributed by atoms with Gasteiger partial charge in [0.05, 0.1) is 0 Å². The predicted octanol–water partition coefficient (Wildman–Crippen LogP) is -0.00710. The normalized spacial score (nSPS) is 6.75. The smallest absolute Gasteiger partial charge is 0.279 e. The molecule has 0 aliphatic heterocycles. The van der Waals surface area contributed by atoms with Crippen LogP contribution in [0.4, 0.5) is 0 Å². The van der Waals surface area contributed by atoms with Crippen LogP contribution in [0, 0.1) is 0 Å². The minimum Gasteiger partial charge on any atom is -0.361 e. The fourth-order valence-corrected chi connectivity index (χ4v) is 0. The fourth-order valence-electron chi connectivity index (χ4n) is 0. The average molecular weight is 74.9 g/mol. The Balaban J connectivity index is 2.32. The van der Waals surface area contributed by atoms with Gasteiger partial charge in [-0.3, -0.25) is 0 Å². The summed E-state index contributed by atoms with van der Waals surface area (Å²) in [6.45, 7) is 1.81. The molecule has 0 unspecified atom stereocenters. The summed E-state index contributed by atoms with van der Waals surface area (Å²) >= 11 is 3.74. The molecule has 2 N–H and O–H groups in total. The molecule has 0 aliphatic rings. The Morgan fingerprint density at radius 3 is 2.00 bits per heavy atom. The van der Waals surface area contributed by atoms with Crippen LogP contribution in [0.5, 0.6) is 0 Å². The van der Waals surface area contributed by atoms with E-state index in [1.807, 2.05) is 6.82 Å². The number of thiol groups is 1. The molecule has 0 saturated heterocycles. The summed E-state index contributed by atoms with van der Waals surface area (Å²) in [4.78, 5) is 0. The van der Waals surface area contributed by atoms with E-state index in [9.17, 15) is 0 Å². The molecular formula is CH6BNS. The van der Waals surface area contributed by atoms with Gasteiger partial charge in [0.2, 0.25) is 0 Å². The molecule has 0 saturated carbocycles. The van der Waals surface area contributed by atoms with Crippen LogP contribution >= 0.6 is 12.5 Å². The molecule has 4 heavy (non-hydrogen) atoms. The number of hydrogen-bond donors (Lipinski definition) is 2. The second-order valence-corrected chi connectivity index (χ2v) is 1.56. The van der Waals surface area contributed by atoms with E-state index >= 15 is 0 Å². The first-order chi connectivity index (χ1) is 1.73. The lowest BCUT2D eigenvalue weighted by Crippen LogP contribution is -2.10. The van der Waals surface area contributed by atoms with Crippen molar-refractivity contribution in [3.8, 4) is 0 Å². The molecule has 0 aromatic carbocycles. The van der Waals surface area contributed by atoms with Crippen molar-refractivity contribution < 1.29 is 0 Å². The van der Waals surface area contributed by atoms with Crippen molar-refractivity contribution >= 4 is 18.6 Å². The summed E-state index contributed by atoms with van der Waals surface area (Å²) in [6.07, 6.45) is 0.0278. The van der Waals surface area contributed by atoms with E-state index in [2.05, 4.69) is 12.5 Å². The second kappa shape index (κ2) is 1.67. The van der Waals surface area contributed by atoms with E-state index in [1.54, 1.807) is 0 Å². The second-order valence-electron chi connectivity index (χ2n) is 0.741. The molecule has 0 rings (SSSR count). The molecule has 0 heterocycles. The largest absolute Gasteiger partial charge is 0.361 e. The minimum absolute atomic E-state index is 0.0278. The van der Waals surface area contributed by atoms with Gasteiger partial charge in [-0.15, -0.1) is 0 Å². The highest BCUT2D eigenvalue weighted by Gasteiger charge is 1.79. The Kier molecular flexibility index (Phi) is 1.83. The third-order valence-electron chi connectivity index (χ3n) is 0. The van der Waals surface area contributed by atoms with E-state index in [-0.39, 0.29) is 6.13 Å². The van der Waals surface area contributed by atoms with Crippen LogP contribution in [0.2, 0.25) is 6.82 Å². The van der Waals surface area contributed by atoms with E-state index in [0.29, 0.717) is 0 Å².